The Balaban J connectivity index is 1.21. The Morgan fingerprint density at radius 3 is 2.61 bits per heavy atom. The maximum atomic E-state index is 14.9. The van der Waals surface area contributed by atoms with Gasteiger partial charge in [-0.25, -0.2) is 9.37 Å². The van der Waals surface area contributed by atoms with Gasteiger partial charge in [-0.15, -0.1) is 0 Å². The molecule has 0 fully saturated rings. The van der Waals surface area contributed by atoms with Crippen LogP contribution in [0.3, 0.4) is 0 Å². The van der Waals surface area contributed by atoms with Crippen molar-refractivity contribution in [2.45, 2.75) is 46.8 Å². The zero-order valence-corrected chi connectivity index (χ0v) is 20.8. The van der Waals surface area contributed by atoms with Crippen molar-refractivity contribution in [3.8, 4) is 17.0 Å². The summed E-state index contributed by atoms with van der Waals surface area (Å²) in [6.45, 7) is 8.63. The van der Waals surface area contributed by atoms with Crippen LogP contribution < -0.4 is 10.1 Å². The molecule has 0 saturated heterocycles. The molecule has 0 spiro atoms. The summed E-state index contributed by atoms with van der Waals surface area (Å²) in [5.41, 5.74) is 7.31. The van der Waals surface area contributed by atoms with Crippen molar-refractivity contribution in [2.75, 3.05) is 6.54 Å². The minimum absolute atomic E-state index is 0.195. The number of hydrogen-bond donors (Lipinski definition) is 1. The molecule has 2 aromatic heterocycles. The van der Waals surface area contributed by atoms with Crippen molar-refractivity contribution in [3.05, 3.63) is 93.9 Å². The van der Waals surface area contributed by atoms with Crippen LogP contribution in [-0.4, -0.2) is 38.3 Å². The van der Waals surface area contributed by atoms with E-state index in [0.717, 1.165) is 33.9 Å². The normalized spacial score (nSPS) is 14.4. The van der Waals surface area contributed by atoms with E-state index in [9.17, 15) is 9.18 Å². The second kappa shape index (κ2) is 9.53. The first-order chi connectivity index (χ1) is 17.3. The number of rotatable bonds is 6. The molecule has 1 aliphatic heterocycles. The predicted molar refractivity (Wildman–Crippen MR) is 135 cm³/mol. The van der Waals surface area contributed by atoms with Crippen molar-refractivity contribution < 1.29 is 13.9 Å². The van der Waals surface area contributed by atoms with E-state index in [-0.39, 0.29) is 24.3 Å². The van der Waals surface area contributed by atoms with Gasteiger partial charge in [0.15, 0.2) is 11.6 Å². The minimum Gasteiger partial charge on any atom is -0.485 e. The third-order valence-electron chi connectivity index (χ3n) is 6.34. The number of fused-ring (bicyclic) bond motifs is 1. The lowest BCUT2D eigenvalue weighted by molar-refractivity contribution is 0.0933. The van der Waals surface area contributed by atoms with Gasteiger partial charge in [0, 0.05) is 35.0 Å². The molecule has 5 rings (SSSR count). The fourth-order valence-electron chi connectivity index (χ4n) is 4.53. The maximum absolute atomic E-state index is 14.9. The summed E-state index contributed by atoms with van der Waals surface area (Å²) in [6.07, 6.45) is 1.85. The Kier molecular flexibility index (Phi) is 6.26. The van der Waals surface area contributed by atoms with Crippen LogP contribution in [0.4, 0.5) is 4.39 Å². The molecule has 0 unspecified atom stereocenters. The molecule has 0 aliphatic carbocycles. The summed E-state index contributed by atoms with van der Waals surface area (Å²) in [7, 11) is 0. The van der Waals surface area contributed by atoms with Crippen molar-refractivity contribution in [2.24, 2.45) is 0 Å². The molecule has 184 valence electrons. The number of nitrogens with zero attached hydrogens (tertiary/aromatic N) is 4. The Morgan fingerprint density at radius 2 is 1.89 bits per heavy atom. The van der Waals surface area contributed by atoms with Crippen molar-refractivity contribution in [1.29, 1.82) is 0 Å². The molecule has 3 heterocycles. The highest BCUT2D eigenvalue weighted by Crippen LogP contribution is 2.36. The van der Waals surface area contributed by atoms with Crippen molar-refractivity contribution >= 4 is 5.91 Å². The minimum atomic E-state index is -0.433. The first-order valence-electron chi connectivity index (χ1n) is 11.9. The molecule has 1 atom stereocenters. The molecule has 4 aromatic rings. The zero-order valence-electron chi connectivity index (χ0n) is 20.8. The third kappa shape index (κ3) is 4.84. The molecule has 1 N–H and O–H groups in total. The number of aryl methyl sites for hydroxylation is 4. The summed E-state index contributed by atoms with van der Waals surface area (Å²) >= 11 is 0. The van der Waals surface area contributed by atoms with Gasteiger partial charge in [0.1, 0.15) is 6.10 Å². The highest BCUT2D eigenvalue weighted by Gasteiger charge is 2.28. The van der Waals surface area contributed by atoms with Gasteiger partial charge in [0.25, 0.3) is 5.91 Å². The van der Waals surface area contributed by atoms with Crippen molar-refractivity contribution in [3.63, 3.8) is 0 Å². The lowest BCUT2D eigenvalue weighted by atomic mass is 10.0. The van der Waals surface area contributed by atoms with Gasteiger partial charge in [-0.05, 0) is 63.6 Å². The summed E-state index contributed by atoms with van der Waals surface area (Å²) < 4.78 is 22.6. The van der Waals surface area contributed by atoms with Gasteiger partial charge in [0.05, 0.1) is 35.9 Å². The number of ether oxygens (including phenoxy) is 1. The van der Waals surface area contributed by atoms with E-state index >= 15 is 0 Å². The average Bonchev–Trinajstić information content (AvgIpc) is 3.41. The molecule has 0 bridgehead atoms. The topological polar surface area (TPSA) is 81.9 Å². The summed E-state index contributed by atoms with van der Waals surface area (Å²) in [5.74, 6) is -0.388. The molecule has 1 aliphatic rings. The summed E-state index contributed by atoms with van der Waals surface area (Å²) in [5, 5.41) is 7.39. The number of amides is 1. The van der Waals surface area contributed by atoms with Crippen LogP contribution in [-0.2, 0) is 13.0 Å². The highest BCUT2D eigenvalue weighted by molar-refractivity contribution is 5.94. The SMILES string of the molecule is Cc1cnc(C)c(-c2cc(F)c3c(c2)C[C@@H](CNC(=O)c2ccc(Cn4nc(C)cc4C)cc2)O3)n1. The fraction of sp³-hybridized carbons (Fsp3) is 0.286. The monoisotopic (exact) mass is 485 g/mol. The van der Waals surface area contributed by atoms with Crippen LogP contribution in [0, 0.1) is 33.5 Å². The largest absolute Gasteiger partial charge is 0.485 e. The van der Waals surface area contributed by atoms with E-state index < -0.39 is 5.82 Å². The second-order valence-electron chi connectivity index (χ2n) is 9.33. The summed E-state index contributed by atoms with van der Waals surface area (Å²) in [6, 6.07) is 12.8. The molecule has 8 heteroatoms. The van der Waals surface area contributed by atoms with Crippen LogP contribution in [0.15, 0.2) is 48.7 Å². The number of aromatic nitrogens is 4. The first-order valence-corrected chi connectivity index (χ1v) is 11.9. The Morgan fingerprint density at radius 1 is 1.11 bits per heavy atom. The van der Waals surface area contributed by atoms with E-state index in [4.69, 9.17) is 4.74 Å². The van der Waals surface area contributed by atoms with Crippen LogP contribution in [0.1, 0.15) is 44.3 Å². The van der Waals surface area contributed by atoms with Gasteiger partial charge in [-0.2, -0.15) is 5.10 Å². The van der Waals surface area contributed by atoms with Crippen LogP contribution in [0.25, 0.3) is 11.3 Å². The summed E-state index contributed by atoms with van der Waals surface area (Å²) in [4.78, 5) is 21.6. The Hall–Kier alpha value is -4.07. The first kappa shape index (κ1) is 23.7. The standard InChI is InChI=1S/C28H28FN5O2/c1-16-9-18(3)34(33-16)15-20-5-7-21(8-6-20)28(35)31-14-24-11-23-10-22(12-25(29)27(23)36-24)26-19(4)30-13-17(2)32-26/h5-10,12-13,24H,11,14-15H2,1-4H3,(H,31,35)/t24-/m0/s1. The number of benzene rings is 2. The molecular formula is C28H28FN5O2. The number of carbonyl (C=O) groups is 1. The highest BCUT2D eigenvalue weighted by atomic mass is 19.1. The lowest BCUT2D eigenvalue weighted by Crippen LogP contribution is -2.34. The number of carbonyl (C=O) groups excluding carboxylic acids is 1. The molecule has 7 nitrogen and oxygen atoms in total. The Labute approximate surface area is 209 Å². The number of halogens is 1. The number of nitrogens with one attached hydrogen (secondary N) is 1. The molecular weight excluding hydrogens is 457 g/mol. The van der Waals surface area contributed by atoms with E-state index in [1.807, 2.05) is 56.6 Å². The van der Waals surface area contributed by atoms with E-state index in [0.29, 0.717) is 29.8 Å². The number of hydrogen-bond acceptors (Lipinski definition) is 5. The fourth-order valence-corrected chi connectivity index (χ4v) is 4.53. The maximum Gasteiger partial charge on any atom is 0.251 e. The van der Waals surface area contributed by atoms with E-state index in [1.54, 1.807) is 18.3 Å². The molecule has 0 saturated carbocycles. The van der Waals surface area contributed by atoms with Crippen LogP contribution in [0.5, 0.6) is 5.75 Å². The molecule has 2 aromatic carbocycles. The third-order valence-corrected chi connectivity index (χ3v) is 6.34. The smallest absolute Gasteiger partial charge is 0.251 e. The van der Waals surface area contributed by atoms with E-state index in [2.05, 4.69) is 20.4 Å². The van der Waals surface area contributed by atoms with Crippen molar-refractivity contribution in [1.82, 2.24) is 25.1 Å². The second-order valence-corrected chi connectivity index (χ2v) is 9.33. The molecule has 36 heavy (non-hydrogen) atoms. The molecule has 1 amide bonds. The van der Waals surface area contributed by atoms with Gasteiger partial charge in [0.2, 0.25) is 0 Å². The quantitative estimate of drug-likeness (QED) is 0.435. The van der Waals surface area contributed by atoms with Gasteiger partial charge >= 0.3 is 0 Å². The predicted octanol–water partition coefficient (Wildman–Crippen LogP) is 4.49. The Bertz CT molecular complexity index is 1450. The lowest BCUT2D eigenvalue weighted by Gasteiger charge is -2.12. The van der Waals surface area contributed by atoms with E-state index in [1.165, 1.54) is 6.07 Å². The van der Waals surface area contributed by atoms with Gasteiger partial charge in [-0.1, -0.05) is 12.1 Å². The molecule has 0 radical (unpaired) electrons. The van der Waals surface area contributed by atoms with Crippen LogP contribution >= 0.6 is 0 Å². The van der Waals surface area contributed by atoms with Gasteiger partial charge in [-0.3, -0.25) is 14.5 Å². The zero-order chi connectivity index (χ0) is 25.4. The van der Waals surface area contributed by atoms with Gasteiger partial charge < -0.3 is 10.1 Å². The van der Waals surface area contributed by atoms with Crippen LogP contribution in [0.2, 0.25) is 0 Å². The average molecular weight is 486 g/mol.